The zero-order valence-corrected chi connectivity index (χ0v) is 10.2. The Bertz CT molecular complexity index is 757. The van der Waals surface area contributed by atoms with Gasteiger partial charge < -0.3 is 14.2 Å². The molecule has 0 bridgehead atoms. The van der Waals surface area contributed by atoms with E-state index in [-0.39, 0.29) is 5.56 Å². The monoisotopic (exact) mass is 257 g/mol. The summed E-state index contributed by atoms with van der Waals surface area (Å²) in [5.41, 5.74) is 1.10. The van der Waals surface area contributed by atoms with E-state index in [4.69, 9.17) is 9.63 Å². The van der Waals surface area contributed by atoms with E-state index in [1.807, 2.05) is 16.8 Å². The average molecular weight is 257 g/mol. The number of aryl methyl sites for hydroxylation is 1. The summed E-state index contributed by atoms with van der Waals surface area (Å²) >= 11 is 0. The van der Waals surface area contributed by atoms with Gasteiger partial charge in [-0.3, -0.25) is 0 Å². The van der Waals surface area contributed by atoms with Crippen LogP contribution in [0.25, 0.3) is 10.9 Å². The lowest BCUT2D eigenvalue weighted by Crippen LogP contribution is -2.01. The molecule has 2 aromatic heterocycles. The van der Waals surface area contributed by atoms with Crippen molar-refractivity contribution in [1.29, 1.82) is 0 Å². The van der Waals surface area contributed by atoms with Gasteiger partial charge in [-0.25, -0.2) is 4.79 Å². The molecule has 0 radical (unpaired) electrons. The number of aromatic nitrogens is 3. The van der Waals surface area contributed by atoms with Crippen LogP contribution in [0.3, 0.4) is 0 Å². The van der Waals surface area contributed by atoms with Crippen LogP contribution in [-0.2, 0) is 6.54 Å². The van der Waals surface area contributed by atoms with E-state index in [0.717, 1.165) is 10.9 Å². The molecule has 0 aliphatic carbocycles. The van der Waals surface area contributed by atoms with Crippen LogP contribution in [0.5, 0.6) is 0 Å². The highest BCUT2D eigenvalue weighted by atomic mass is 16.5. The molecule has 6 heteroatoms. The van der Waals surface area contributed by atoms with E-state index in [1.165, 1.54) is 0 Å². The number of carboxylic acid groups (broad SMARTS) is 1. The van der Waals surface area contributed by atoms with Gasteiger partial charge in [-0.2, -0.15) is 4.98 Å². The third kappa shape index (κ3) is 2.08. The van der Waals surface area contributed by atoms with Crippen molar-refractivity contribution in [3.8, 4) is 0 Å². The minimum absolute atomic E-state index is 0.261. The van der Waals surface area contributed by atoms with Gasteiger partial charge in [0.25, 0.3) is 0 Å². The van der Waals surface area contributed by atoms with Crippen LogP contribution < -0.4 is 0 Å². The van der Waals surface area contributed by atoms with Gasteiger partial charge in [-0.1, -0.05) is 11.2 Å². The van der Waals surface area contributed by atoms with E-state index in [1.54, 1.807) is 25.1 Å². The molecule has 0 atom stereocenters. The fourth-order valence-corrected chi connectivity index (χ4v) is 2.01. The number of rotatable bonds is 3. The Hall–Kier alpha value is -2.63. The van der Waals surface area contributed by atoms with E-state index < -0.39 is 5.97 Å². The Kier molecular flexibility index (Phi) is 2.56. The maximum Gasteiger partial charge on any atom is 0.335 e. The minimum Gasteiger partial charge on any atom is -0.478 e. The van der Waals surface area contributed by atoms with Gasteiger partial charge in [0, 0.05) is 18.6 Å². The first-order valence-corrected chi connectivity index (χ1v) is 5.75. The Morgan fingerprint density at radius 1 is 1.42 bits per heavy atom. The quantitative estimate of drug-likeness (QED) is 0.776. The number of benzene rings is 1. The lowest BCUT2D eigenvalue weighted by atomic mass is 10.1. The molecule has 6 nitrogen and oxygen atoms in total. The highest BCUT2D eigenvalue weighted by molar-refractivity contribution is 5.93. The van der Waals surface area contributed by atoms with Crippen LogP contribution in [-0.4, -0.2) is 25.8 Å². The van der Waals surface area contributed by atoms with Crippen LogP contribution in [0.4, 0.5) is 0 Å². The van der Waals surface area contributed by atoms with E-state index >= 15 is 0 Å². The second kappa shape index (κ2) is 4.24. The average Bonchev–Trinajstić information content (AvgIpc) is 2.96. The molecular formula is C13H11N3O3. The molecule has 0 aliphatic rings. The maximum atomic E-state index is 11.0. The van der Waals surface area contributed by atoms with Gasteiger partial charge >= 0.3 is 5.97 Å². The van der Waals surface area contributed by atoms with E-state index in [9.17, 15) is 4.79 Å². The van der Waals surface area contributed by atoms with Crippen molar-refractivity contribution in [1.82, 2.24) is 14.7 Å². The molecule has 0 saturated carbocycles. The van der Waals surface area contributed by atoms with Gasteiger partial charge in [0.15, 0.2) is 5.82 Å². The van der Waals surface area contributed by atoms with Crippen molar-refractivity contribution < 1.29 is 14.4 Å². The second-order valence-electron chi connectivity index (χ2n) is 4.25. The number of carboxylic acids is 1. The molecule has 1 aromatic carbocycles. The van der Waals surface area contributed by atoms with Gasteiger partial charge in [0.05, 0.1) is 12.1 Å². The van der Waals surface area contributed by atoms with Crippen molar-refractivity contribution in [3.05, 3.63) is 47.7 Å². The van der Waals surface area contributed by atoms with Crippen LogP contribution in [0.2, 0.25) is 0 Å². The molecular weight excluding hydrogens is 246 g/mol. The number of aromatic carboxylic acids is 1. The zero-order chi connectivity index (χ0) is 13.4. The lowest BCUT2D eigenvalue weighted by Gasteiger charge is -2.02. The number of nitrogens with zero attached hydrogens (tertiary/aromatic N) is 3. The normalized spacial score (nSPS) is 11.0. The van der Waals surface area contributed by atoms with Gasteiger partial charge in [0.1, 0.15) is 0 Å². The third-order valence-corrected chi connectivity index (χ3v) is 2.90. The van der Waals surface area contributed by atoms with Crippen molar-refractivity contribution >= 4 is 16.9 Å². The van der Waals surface area contributed by atoms with Gasteiger partial charge in [-0.05, 0) is 23.6 Å². The second-order valence-corrected chi connectivity index (χ2v) is 4.25. The van der Waals surface area contributed by atoms with Gasteiger partial charge in [0.2, 0.25) is 5.89 Å². The van der Waals surface area contributed by atoms with E-state index in [2.05, 4.69) is 10.1 Å². The Morgan fingerprint density at radius 2 is 2.26 bits per heavy atom. The number of hydrogen-bond donors (Lipinski definition) is 1. The first kappa shape index (κ1) is 11.5. The van der Waals surface area contributed by atoms with Crippen LogP contribution in [0.15, 0.2) is 35.0 Å². The Balaban J connectivity index is 2.03. The topological polar surface area (TPSA) is 81.2 Å². The summed E-state index contributed by atoms with van der Waals surface area (Å²) in [5, 5.41) is 13.8. The molecule has 0 amide bonds. The smallest absolute Gasteiger partial charge is 0.335 e. The van der Waals surface area contributed by atoms with Crippen LogP contribution in [0.1, 0.15) is 22.1 Å². The third-order valence-electron chi connectivity index (χ3n) is 2.90. The first-order chi connectivity index (χ1) is 9.13. The highest BCUT2D eigenvalue weighted by Gasteiger charge is 2.09. The molecule has 19 heavy (non-hydrogen) atoms. The number of carbonyl (C=O) groups is 1. The SMILES string of the molecule is Cc1nc(Cn2ccc3ccc(C(=O)O)cc32)no1. The summed E-state index contributed by atoms with van der Waals surface area (Å²) < 4.78 is 6.81. The summed E-state index contributed by atoms with van der Waals surface area (Å²) in [7, 11) is 0. The molecule has 2 heterocycles. The predicted octanol–water partition coefficient (Wildman–Crippen LogP) is 2.08. The van der Waals surface area contributed by atoms with E-state index in [0.29, 0.717) is 18.3 Å². The molecule has 3 rings (SSSR count). The predicted molar refractivity (Wildman–Crippen MR) is 67.0 cm³/mol. The Morgan fingerprint density at radius 3 is 2.95 bits per heavy atom. The van der Waals surface area contributed by atoms with Crippen molar-refractivity contribution in [3.63, 3.8) is 0 Å². The zero-order valence-electron chi connectivity index (χ0n) is 10.2. The fraction of sp³-hybridized carbons (Fsp3) is 0.154. The molecule has 3 aromatic rings. The van der Waals surface area contributed by atoms with Crippen LogP contribution in [0, 0.1) is 6.92 Å². The number of hydrogen-bond acceptors (Lipinski definition) is 4. The maximum absolute atomic E-state index is 11.0. The van der Waals surface area contributed by atoms with Crippen molar-refractivity contribution in [2.75, 3.05) is 0 Å². The molecule has 0 unspecified atom stereocenters. The molecule has 0 spiro atoms. The first-order valence-electron chi connectivity index (χ1n) is 5.75. The summed E-state index contributed by atoms with van der Waals surface area (Å²) in [6.45, 7) is 2.18. The summed E-state index contributed by atoms with van der Waals surface area (Å²) in [5.74, 6) is 0.137. The van der Waals surface area contributed by atoms with Gasteiger partial charge in [-0.15, -0.1) is 0 Å². The largest absolute Gasteiger partial charge is 0.478 e. The minimum atomic E-state index is -0.940. The summed E-state index contributed by atoms with van der Waals surface area (Å²) in [6.07, 6.45) is 1.88. The lowest BCUT2D eigenvalue weighted by molar-refractivity contribution is 0.0697. The molecule has 96 valence electrons. The molecule has 0 aliphatic heterocycles. The summed E-state index contributed by atoms with van der Waals surface area (Å²) in [4.78, 5) is 15.1. The fourth-order valence-electron chi connectivity index (χ4n) is 2.01. The highest BCUT2D eigenvalue weighted by Crippen LogP contribution is 2.18. The van der Waals surface area contributed by atoms with Crippen molar-refractivity contribution in [2.24, 2.45) is 0 Å². The standard InChI is InChI=1S/C13H11N3O3/c1-8-14-12(15-19-8)7-16-5-4-9-2-3-10(13(17)18)6-11(9)16/h2-6H,7H2,1H3,(H,17,18). The summed E-state index contributed by atoms with van der Waals surface area (Å²) in [6, 6.07) is 6.95. The molecule has 0 fully saturated rings. The molecule has 0 saturated heterocycles. The Labute approximate surface area is 108 Å². The number of fused-ring (bicyclic) bond motifs is 1. The van der Waals surface area contributed by atoms with Crippen molar-refractivity contribution in [2.45, 2.75) is 13.5 Å². The molecule has 1 N–H and O–H groups in total. The van der Waals surface area contributed by atoms with Crippen LogP contribution >= 0.6 is 0 Å².